The van der Waals surface area contributed by atoms with E-state index in [1.54, 1.807) is 13.8 Å². The highest BCUT2D eigenvalue weighted by Crippen LogP contribution is 2.35. The van der Waals surface area contributed by atoms with Gasteiger partial charge in [-0.1, -0.05) is 26.0 Å². The van der Waals surface area contributed by atoms with E-state index in [2.05, 4.69) is 0 Å². The zero-order valence-corrected chi connectivity index (χ0v) is 9.65. The lowest BCUT2D eigenvalue weighted by atomic mass is 9.84. The number of alkyl halides is 1. The van der Waals surface area contributed by atoms with Crippen LogP contribution in [0.15, 0.2) is 12.1 Å². The van der Waals surface area contributed by atoms with Gasteiger partial charge in [0.2, 0.25) is 0 Å². The summed E-state index contributed by atoms with van der Waals surface area (Å²) in [4.78, 5) is 0. The van der Waals surface area contributed by atoms with Crippen LogP contribution in [0.5, 0.6) is 0 Å². The Morgan fingerprint density at radius 2 is 1.81 bits per heavy atom. The molecule has 1 aromatic carbocycles. The summed E-state index contributed by atoms with van der Waals surface area (Å²) in [5.74, 6) is -2.66. The topological polar surface area (TPSA) is 26.0 Å². The quantitative estimate of drug-likeness (QED) is 0.850. The molecule has 0 aliphatic heterocycles. The molecule has 90 valence electrons. The lowest BCUT2D eigenvalue weighted by Gasteiger charge is -2.29. The van der Waals surface area contributed by atoms with Crippen molar-refractivity contribution in [3.63, 3.8) is 0 Å². The summed E-state index contributed by atoms with van der Waals surface area (Å²) in [6.45, 7) is 4.23. The first-order chi connectivity index (χ1) is 7.34. The van der Waals surface area contributed by atoms with Crippen LogP contribution >= 0.6 is 0 Å². The van der Waals surface area contributed by atoms with Crippen LogP contribution in [0, 0.1) is 24.5 Å². The standard InChI is InChI=1S/C12H16F3N/c1-7(2)12(15,6-16)9-5-4-8(3)10(13)11(9)14/h4-5,7H,6,16H2,1-3H3. The lowest BCUT2D eigenvalue weighted by Crippen LogP contribution is -2.36. The van der Waals surface area contributed by atoms with Gasteiger partial charge in [-0.2, -0.15) is 0 Å². The Hall–Kier alpha value is -1.03. The fourth-order valence-corrected chi connectivity index (χ4v) is 1.62. The number of rotatable bonds is 3. The van der Waals surface area contributed by atoms with Gasteiger partial charge < -0.3 is 5.73 Å². The van der Waals surface area contributed by atoms with Crippen LogP contribution in [-0.2, 0) is 5.67 Å². The molecule has 0 spiro atoms. The first-order valence-electron chi connectivity index (χ1n) is 5.18. The van der Waals surface area contributed by atoms with Crippen molar-refractivity contribution in [3.05, 3.63) is 34.9 Å². The Morgan fingerprint density at radius 3 is 2.25 bits per heavy atom. The van der Waals surface area contributed by atoms with Crippen LogP contribution < -0.4 is 5.73 Å². The molecule has 0 bridgehead atoms. The predicted octanol–water partition coefficient (Wildman–Crippen LogP) is 3.05. The Balaban J connectivity index is 3.38. The van der Waals surface area contributed by atoms with E-state index in [-0.39, 0.29) is 17.7 Å². The van der Waals surface area contributed by atoms with Gasteiger partial charge in [-0.25, -0.2) is 13.2 Å². The van der Waals surface area contributed by atoms with E-state index in [9.17, 15) is 13.2 Å². The normalized spacial score (nSPS) is 15.2. The molecule has 0 heterocycles. The summed E-state index contributed by atoms with van der Waals surface area (Å²) >= 11 is 0. The molecule has 4 heteroatoms. The highest BCUT2D eigenvalue weighted by Gasteiger charge is 2.37. The van der Waals surface area contributed by atoms with Crippen molar-refractivity contribution in [2.45, 2.75) is 26.4 Å². The predicted molar refractivity (Wildman–Crippen MR) is 57.8 cm³/mol. The van der Waals surface area contributed by atoms with E-state index >= 15 is 0 Å². The van der Waals surface area contributed by atoms with Crippen LogP contribution in [0.3, 0.4) is 0 Å². The SMILES string of the molecule is Cc1ccc(C(F)(CN)C(C)C)c(F)c1F. The molecule has 1 nitrogen and oxygen atoms in total. The third kappa shape index (κ3) is 1.94. The number of hydrogen-bond donors (Lipinski definition) is 1. The van der Waals surface area contributed by atoms with Gasteiger partial charge in [0.15, 0.2) is 17.3 Å². The molecule has 1 unspecified atom stereocenters. The van der Waals surface area contributed by atoms with Crippen LogP contribution in [0.25, 0.3) is 0 Å². The first kappa shape index (κ1) is 13.0. The number of nitrogens with two attached hydrogens (primary N) is 1. The van der Waals surface area contributed by atoms with Crippen LogP contribution in [0.4, 0.5) is 13.2 Å². The fraction of sp³-hybridized carbons (Fsp3) is 0.500. The maximum absolute atomic E-state index is 14.4. The van der Waals surface area contributed by atoms with E-state index in [1.807, 2.05) is 0 Å². The van der Waals surface area contributed by atoms with Gasteiger partial charge in [-0.3, -0.25) is 0 Å². The molecule has 0 radical (unpaired) electrons. The summed E-state index contributed by atoms with van der Waals surface area (Å²) in [6, 6.07) is 2.63. The second-order valence-corrected chi connectivity index (χ2v) is 4.28. The van der Waals surface area contributed by atoms with Crippen LogP contribution in [-0.4, -0.2) is 6.54 Å². The first-order valence-corrected chi connectivity index (χ1v) is 5.18. The van der Waals surface area contributed by atoms with Crippen LogP contribution in [0.1, 0.15) is 25.0 Å². The largest absolute Gasteiger partial charge is 0.327 e. The molecule has 1 atom stereocenters. The van der Waals surface area contributed by atoms with Crippen molar-refractivity contribution in [1.82, 2.24) is 0 Å². The van der Waals surface area contributed by atoms with Crippen LogP contribution in [0.2, 0.25) is 0 Å². The average Bonchev–Trinajstić information content (AvgIpc) is 2.25. The Morgan fingerprint density at radius 1 is 1.25 bits per heavy atom. The summed E-state index contributed by atoms with van der Waals surface area (Å²) in [5, 5.41) is 0. The van der Waals surface area contributed by atoms with E-state index in [1.165, 1.54) is 19.1 Å². The Bertz CT molecular complexity index is 390. The van der Waals surface area contributed by atoms with Crippen molar-refractivity contribution in [1.29, 1.82) is 0 Å². The monoisotopic (exact) mass is 231 g/mol. The molecule has 16 heavy (non-hydrogen) atoms. The van der Waals surface area contributed by atoms with Gasteiger partial charge >= 0.3 is 0 Å². The summed E-state index contributed by atoms with van der Waals surface area (Å²) in [7, 11) is 0. The smallest absolute Gasteiger partial charge is 0.165 e. The van der Waals surface area contributed by atoms with E-state index in [4.69, 9.17) is 5.73 Å². The van der Waals surface area contributed by atoms with E-state index in [0.29, 0.717) is 0 Å². The van der Waals surface area contributed by atoms with Crippen molar-refractivity contribution in [2.75, 3.05) is 6.54 Å². The molecule has 0 aromatic heterocycles. The van der Waals surface area contributed by atoms with Crippen molar-refractivity contribution in [2.24, 2.45) is 11.7 Å². The average molecular weight is 231 g/mol. The number of halogens is 3. The van der Waals surface area contributed by atoms with Gasteiger partial charge in [0.05, 0.1) is 0 Å². The molecule has 1 rings (SSSR count). The highest BCUT2D eigenvalue weighted by atomic mass is 19.2. The maximum atomic E-state index is 14.4. The van der Waals surface area contributed by atoms with Crippen molar-refractivity contribution in [3.8, 4) is 0 Å². The highest BCUT2D eigenvalue weighted by molar-refractivity contribution is 5.30. The zero-order chi connectivity index (χ0) is 12.5. The molecule has 0 saturated heterocycles. The second-order valence-electron chi connectivity index (χ2n) is 4.28. The van der Waals surface area contributed by atoms with Gasteiger partial charge in [0.1, 0.15) is 0 Å². The molecule has 0 saturated carbocycles. The van der Waals surface area contributed by atoms with Crippen molar-refractivity contribution < 1.29 is 13.2 Å². The third-order valence-corrected chi connectivity index (χ3v) is 2.94. The zero-order valence-electron chi connectivity index (χ0n) is 9.65. The van der Waals surface area contributed by atoms with Gasteiger partial charge in [0.25, 0.3) is 0 Å². The number of hydrogen-bond acceptors (Lipinski definition) is 1. The number of aryl methyl sites for hydroxylation is 1. The molecular formula is C12H16F3N. The molecule has 2 N–H and O–H groups in total. The molecule has 0 aliphatic rings. The summed E-state index contributed by atoms with van der Waals surface area (Å²) in [5.41, 5.74) is 3.16. The van der Waals surface area contributed by atoms with Crippen molar-refractivity contribution >= 4 is 0 Å². The molecule has 0 amide bonds. The fourth-order valence-electron chi connectivity index (χ4n) is 1.62. The minimum absolute atomic E-state index is 0.157. The Kier molecular flexibility index (Phi) is 3.63. The minimum atomic E-state index is -2.03. The van der Waals surface area contributed by atoms with Gasteiger partial charge in [-0.15, -0.1) is 0 Å². The molecule has 0 fully saturated rings. The Labute approximate surface area is 93.5 Å². The molecule has 0 aliphatic carbocycles. The summed E-state index contributed by atoms with van der Waals surface area (Å²) < 4.78 is 41.4. The second kappa shape index (κ2) is 4.45. The summed E-state index contributed by atoms with van der Waals surface area (Å²) in [6.07, 6.45) is 0. The maximum Gasteiger partial charge on any atom is 0.165 e. The number of benzene rings is 1. The third-order valence-electron chi connectivity index (χ3n) is 2.94. The molecular weight excluding hydrogens is 215 g/mol. The van der Waals surface area contributed by atoms with E-state index < -0.39 is 23.2 Å². The lowest BCUT2D eigenvalue weighted by molar-refractivity contribution is 0.103. The van der Waals surface area contributed by atoms with Gasteiger partial charge in [0, 0.05) is 12.1 Å². The molecule has 1 aromatic rings. The van der Waals surface area contributed by atoms with Gasteiger partial charge in [-0.05, 0) is 18.4 Å². The van der Waals surface area contributed by atoms with E-state index in [0.717, 1.165) is 0 Å². The minimum Gasteiger partial charge on any atom is -0.327 e.